The summed E-state index contributed by atoms with van der Waals surface area (Å²) in [7, 11) is 4.59. The number of methoxy groups -OCH3 is 3. The minimum absolute atomic E-state index is 0.206. The van der Waals surface area contributed by atoms with Crippen molar-refractivity contribution in [3.05, 3.63) is 23.4 Å². The number of fused-ring (bicyclic) bond motifs is 1. The second kappa shape index (κ2) is 5.17. The second-order valence-corrected chi connectivity index (χ2v) is 4.80. The van der Waals surface area contributed by atoms with Crippen LogP contribution in [-0.2, 0) is 26.1 Å². The zero-order valence-electron chi connectivity index (χ0n) is 11.7. The summed E-state index contributed by atoms with van der Waals surface area (Å²) in [5, 5.41) is 0. The highest BCUT2D eigenvalue weighted by atomic mass is 16.5. The van der Waals surface area contributed by atoms with Gasteiger partial charge in [0.15, 0.2) is 0 Å². The van der Waals surface area contributed by atoms with Gasteiger partial charge in [0.25, 0.3) is 0 Å². The second-order valence-electron chi connectivity index (χ2n) is 4.80. The zero-order chi connectivity index (χ0) is 14.0. The summed E-state index contributed by atoms with van der Waals surface area (Å²) in [5.41, 5.74) is 0.912. The van der Waals surface area contributed by atoms with Gasteiger partial charge in [0.05, 0.1) is 20.3 Å². The van der Waals surface area contributed by atoms with Crippen molar-refractivity contribution in [3.63, 3.8) is 0 Å². The quantitative estimate of drug-likeness (QED) is 0.775. The average Bonchev–Trinajstić information content (AvgIpc) is 2.46. The van der Waals surface area contributed by atoms with Crippen molar-refractivity contribution < 1.29 is 19.0 Å². The van der Waals surface area contributed by atoms with E-state index in [1.165, 1.54) is 7.11 Å². The van der Waals surface area contributed by atoms with Crippen LogP contribution in [0.15, 0.2) is 12.1 Å². The number of hydrogen-bond acceptors (Lipinski definition) is 5. The highest BCUT2D eigenvalue weighted by Crippen LogP contribution is 2.39. The molecule has 19 heavy (non-hydrogen) atoms. The first-order valence-corrected chi connectivity index (χ1v) is 6.23. The normalized spacial score (nSPS) is 25.6. The van der Waals surface area contributed by atoms with Gasteiger partial charge < -0.3 is 14.2 Å². The van der Waals surface area contributed by atoms with E-state index >= 15 is 0 Å². The minimum atomic E-state index is -0.823. The maximum Gasteiger partial charge on any atom is 0.318 e. The first-order chi connectivity index (χ1) is 9.07. The molecule has 0 saturated carbocycles. The Kier molecular flexibility index (Phi) is 3.75. The molecular weight excluding hydrogens is 246 g/mol. The predicted octanol–water partition coefficient (Wildman–Crippen LogP) is 1.48. The third kappa shape index (κ3) is 2.08. The van der Waals surface area contributed by atoms with Gasteiger partial charge in [0.2, 0.25) is 5.88 Å². The Hall–Kier alpha value is -1.62. The van der Waals surface area contributed by atoms with E-state index in [1.54, 1.807) is 20.3 Å². The lowest BCUT2D eigenvalue weighted by atomic mass is 9.70. The van der Waals surface area contributed by atoms with Crippen LogP contribution in [0.5, 0.6) is 5.88 Å². The maximum absolute atomic E-state index is 12.2. The van der Waals surface area contributed by atoms with Crippen LogP contribution < -0.4 is 4.74 Å². The van der Waals surface area contributed by atoms with Crippen LogP contribution in [-0.4, -0.2) is 38.4 Å². The number of pyridine rings is 1. The van der Waals surface area contributed by atoms with Gasteiger partial charge in [-0.1, -0.05) is 6.07 Å². The molecule has 1 aromatic rings. The van der Waals surface area contributed by atoms with Gasteiger partial charge in [-0.2, -0.15) is 0 Å². The molecule has 1 aliphatic carbocycles. The lowest BCUT2D eigenvalue weighted by Gasteiger charge is -2.39. The van der Waals surface area contributed by atoms with Gasteiger partial charge in [0.1, 0.15) is 5.41 Å². The van der Waals surface area contributed by atoms with Crippen molar-refractivity contribution in [1.82, 2.24) is 4.98 Å². The standard InChI is InChI=1S/C14H19NO4/c1-14(13(16)19-4)9-5-8-12(18-3)15-10(9)6-7-11(14)17-2/h5,8,11H,6-7H2,1-4H3. The number of ether oxygens (including phenoxy) is 3. The fourth-order valence-corrected chi connectivity index (χ4v) is 2.80. The first kappa shape index (κ1) is 13.8. The molecule has 5 heteroatoms. The largest absolute Gasteiger partial charge is 0.481 e. The fraction of sp³-hybridized carbons (Fsp3) is 0.571. The molecule has 0 bridgehead atoms. The van der Waals surface area contributed by atoms with E-state index in [4.69, 9.17) is 14.2 Å². The Morgan fingerprint density at radius 1 is 1.37 bits per heavy atom. The van der Waals surface area contributed by atoms with Crippen LogP contribution in [0.3, 0.4) is 0 Å². The molecule has 0 aromatic carbocycles. The topological polar surface area (TPSA) is 57.7 Å². The van der Waals surface area contributed by atoms with Crippen molar-refractivity contribution in [2.75, 3.05) is 21.3 Å². The molecule has 5 nitrogen and oxygen atoms in total. The summed E-state index contributed by atoms with van der Waals surface area (Å²) in [6, 6.07) is 3.64. The molecule has 0 radical (unpaired) electrons. The van der Waals surface area contributed by atoms with Crippen molar-refractivity contribution in [2.24, 2.45) is 0 Å². The van der Waals surface area contributed by atoms with E-state index in [9.17, 15) is 4.79 Å². The fourth-order valence-electron chi connectivity index (χ4n) is 2.80. The van der Waals surface area contributed by atoms with E-state index in [0.29, 0.717) is 5.88 Å². The molecule has 0 N–H and O–H groups in total. The SMILES string of the molecule is COC(=O)C1(C)c2ccc(OC)nc2CCC1OC. The van der Waals surface area contributed by atoms with E-state index in [0.717, 1.165) is 24.1 Å². The number of carbonyl (C=O) groups excluding carboxylic acids is 1. The summed E-state index contributed by atoms with van der Waals surface area (Å²) >= 11 is 0. The molecule has 104 valence electrons. The van der Waals surface area contributed by atoms with E-state index in [2.05, 4.69) is 4.98 Å². The number of nitrogens with zero attached hydrogens (tertiary/aromatic N) is 1. The molecule has 1 aliphatic rings. The van der Waals surface area contributed by atoms with Crippen molar-refractivity contribution in [1.29, 1.82) is 0 Å². The number of aromatic nitrogens is 1. The Labute approximate surface area is 112 Å². The lowest BCUT2D eigenvalue weighted by molar-refractivity contribution is -0.153. The summed E-state index contributed by atoms with van der Waals surface area (Å²) in [4.78, 5) is 16.6. The number of rotatable bonds is 3. The Morgan fingerprint density at radius 3 is 2.68 bits per heavy atom. The van der Waals surface area contributed by atoms with Gasteiger partial charge in [-0.05, 0) is 25.3 Å². The van der Waals surface area contributed by atoms with Gasteiger partial charge in [-0.15, -0.1) is 0 Å². The third-order valence-corrected chi connectivity index (χ3v) is 3.90. The molecule has 1 heterocycles. The minimum Gasteiger partial charge on any atom is -0.481 e. The number of carbonyl (C=O) groups is 1. The van der Waals surface area contributed by atoms with Crippen LogP contribution in [0.4, 0.5) is 0 Å². The Morgan fingerprint density at radius 2 is 2.11 bits per heavy atom. The Bertz CT molecular complexity index is 488. The van der Waals surface area contributed by atoms with Gasteiger partial charge >= 0.3 is 5.97 Å². The molecule has 2 unspecified atom stereocenters. The highest BCUT2D eigenvalue weighted by Gasteiger charge is 2.48. The highest BCUT2D eigenvalue weighted by molar-refractivity contribution is 5.84. The number of aryl methyl sites for hydroxylation is 1. The monoisotopic (exact) mass is 265 g/mol. The van der Waals surface area contributed by atoms with Crippen molar-refractivity contribution in [2.45, 2.75) is 31.3 Å². The molecule has 2 rings (SSSR count). The lowest BCUT2D eigenvalue weighted by Crippen LogP contribution is -2.49. The van der Waals surface area contributed by atoms with Crippen molar-refractivity contribution >= 4 is 5.97 Å². The van der Waals surface area contributed by atoms with E-state index in [1.807, 2.05) is 13.0 Å². The molecular formula is C14H19NO4. The molecule has 0 aliphatic heterocycles. The summed E-state index contributed by atoms with van der Waals surface area (Å²) in [6.45, 7) is 1.85. The number of esters is 1. The van der Waals surface area contributed by atoms with Crippen LogP contribution >= 0.6 is 0 Å². The van der Waals surface area contributed by atoms with Gasteiger partial charge in [-0.25, -0.2) is 4.98 Å². The van der Waals surface area contributed by atoms with Crippen molar-refractivity contribution in [3.8, 4) is 5.88 Å². The first-order valence-electron chi connectivity index (χ1n) is 6.23. The molecule has 0 amide bonds. The van der Waals surface area contributed by atoms with E-state index in [-0.39, 0.29) is 12.1 Å². The molecule has 0 spiro atoms. The zero-order valence-corrected chi connectivity index (χ0v) is 11.7. The molecule has 2 atom stereocenters. The van der Waals surface area contributed by atoms with Gasteiger partial charge in [0, 0.05) is 18.9 Å². The molecule has 0 saturated heterocycles. The smallest absolute Gasteiger partial charge is 0.318 e. The van der Waals surface area contributed by atoms with Crippen LogP contribution in [0.25, 0.3) is 0 Å². The van der Waals surface area contributed by atoms with Crippen LogP contribution in [0.2, 0.25) is 0 Å². The summed E-state index contributed by atoms with van der Waals surface area (Å²) in [6.07, 6.45) is 1.29. The summed E-state index contributed by atoms with van der Waals surface area (Å²) < 4.78 is 15.6. The van der Waals surface area contributed by atoms with E-state index < -0.39 is 5.41 Å². The molecule has 1 aromatic heterocycles. The molecule has 0 fully saturated rings. The average molecular weight is 265 g/mol. The van der Waals surface area contributed by atoms with Crippen LogP contribution in [0, 0.1) is 0 Å². The number of hydrogen-bond donors (Lipinski definition) is 0. The van der Waals surface area contributed by atoms with Crippen LogP contribution in [0.1, 0.15) is 24.6 Å². The summed E-state index contributed by atoms with van der Waals surface area (Å²) in [5.74, 6) is 0.258. The Balaban J connectivity index is 2.54. The predicted molar refractivity (Wildman–Crippen MR) is 69.3 cm³/mol. The maximum atomic E-state index is 12.2. The third-order valence-electron chi connectivity index (χ3n) is 3.90. The van der Waals surface area contributed by atoms with Gasteiger partial charge in [-0.3, -0.25) is 4.79 Å².